The number of fused-ring (bicyclic) bond motifs is 1. The van der Waals surface area contributed by atoms with Gasteiger partial charge < -0.3 is 20.4 Å². The number of anilines is 1. The second kappa shape index (κ2) is 7.23. The van der Waals surface area contributed by atoms with Crippen molar-refractivity contribution in [2.75, 3.05) is 18.4 Å². The summed E-state index contributed by atoms with van der Waals surface area (Å²) in [5.41, 5.74) is 2.03. The Morgan fingerprint density at radius 1 is 1.18 bits per heavy atom. The van der Waals surface area contributed by atoms with Crippen molar-refractivity contribution in [3.05, 3.63) is 41.3 Å². The van der Waals surface area contributed by atoms with Gasteiger partial charge in [-0.25, -0.2) is 4.79 Å². The molecule has 3 atom stereocenters. The third-order valence-electron chi connectivity index (χ3n) is 5.32. The van der Waals surface area contributed by atoms with Crippen molar-refractivity contribution in [3.8, 4) is 0 Å². The molecule has 0 saturated carbocycles. The van der Waals surface area contributed by atoms with Gasteiger partial charge in [-0.05, 0) is 32.9 Å². The van der Waals surface area contributed by atoms with E-state index in [4.69, 9.17) is 0 Å². The first-order valence-electron chi connectivity index (χ1n) is 9.55. The summed E-state index contributed by atoms with van der Waals surface area (Å²) in [4.78, 5) is 33.3. The van der Waals surface area contributed by atoms with Crippen molar-refractivity contribution in [1.29, 1.82) is 0 Å². The molecule has 2 aliphatic rings. The number of nitrogens with one attached hydrogen (secondary N) is 3. The van der Waals surface area contributed by atoms with Gasteiger partial charge in [0.2, 0.25) is 0 Å². The molecule has 2 aromatic rings. The molecular formula is C19H25N7O2. The van der Waals surface area contributed by atoms with Gasteiger partial charge in [0.15, 0.2) is 5.82 Å². The van der Waals surface area contributed by atoms with Gasteiger partial charge in [-0.15, -0.1) is 0 Å². The predicted octanol–water partition coefficient (Wildman–Crippen LogP) is 1.74. The lowest BCUT2D eigenvalue weighted by Gasteiger charge is -2.39. The number of nitrogens with zero attached hydrogens (tertiary/aromatic N) is 4. The maximum atomic E-state index is 13.1. The van der Waals surface area contributed by atoms with Crippen LogP contribution in [0.4, 0.5) is 10.6 Å². The summed E-state index contributed by atoms with van der Waals surface area (Å²) >= 11 is 0. The fourth-order valence-electron chi connectivity index (χ4n) is 4.02. The van der Waals surface area contributed by atoms with Crippen LogP contribution in [0.3, 0.4) is 0 Å². The molecule has 1 fully saturated rings. The van der Waals surface area contributed by atoms with Gasteiger partial charge >= 0.3 is 6.03 Å². The van der Waals surface area contributed by atoms with Crippen LogP contribution in [0.2, 0.25) is 0 Å². The number of rotatable bonds is 2. The van der Waals surface area contributed by atoms with Crippen LogP contribution in [0.5, 0.6) is 0 Å². The summed E-state index contributed by atoms with van der Waals surface area (Å²) in [6, 6.07) is 5.57. The number of piperazine rings is 1. The fraction of sp³-hybridized carbons (Fsp3) is 0.474. The lowest BCUT2D eigenvalue weighted by Crippen LogP contribution is -2.58. The van der Waals surface area contributed by atoms with Crippen LogP contribution in [0.25, 0.3) is 0 Å². The van der Waals surface area contributed by atoms with E-state index in [1.165, 1.54) is 0 Å². The predicted molar refractivity (Wildman–Crippen MR) is 104 cm³/mol. The average molecular weight is 383 g/mol. The van der Waals surface area contributed by atoms with Gasteiger partial charge in [0, 0.05) is 36.9 Å². The van der Waals surface area contributed by atoms with E-state index >= 15 is 0 Å². The van der Waals surface area contributed by atoms with Gasteiger partial charge in [0.05, 0.1) is 18.3 Å². The number of aromatic nitrogens is 3. The largest absolute Gasteiger partial charge is 0.322 e. The van der Waals surface area contributed by atoms with E-state index in [0.717, 1.165) is 11.3 Å². The van der Waals surface area contributed by atoms with E-state index in [-0.39, 0.29) is 30.1 Å². The minimum absolute atomic E-state index is 0.0132. The molecule has 2 aliphatic heterocycles. The van der Waals surface area contributed by atoms with E-state index in [1.807, 2.05) is 16.7 Å². The fourth-order valence-corrected chi connectivity index (χ4v) is 4.02. The number of H-pyrrole nitrogens is 1. The molecule has 1 unspecified atom stereocenters. The number of amides is 3. The molecule has 9 heteroatoms. The molecule has 4 rings (SSSR count). The Labute approximate surface area is 163 Å². The van der Waals surface area contributed by atoms with Gasteiger partial charge in [-0.3, -0.25) is 14.9 Å². The Hall–Kier alpha value is -2.94. The molecular weight excluding hydrogens is 358 g/mol. The average Bonchev–Trinajstić information content (AvgIpc) is 3.21. The Bertz CT molecular complexity index is 872. The molecule has 3 amide bonds. The summed E-state index contributed by atoms with van der Waals surface area (Å²) < 4.78 is 0. The molecule has 2 aromatic heterocycles. The number of aromatic amines is 1. The smallest absolute Gasteiger partial charge is 0.320 e. The first-order chi connectivity index (χ1) is 13.4. The van der Waals surface area contributed by atoms with Crippen molar-refractivity contribution in [3.63, 3.8) is 0 Å². The van der Waals surface area contributed by atoms with E-state index < -0.39 is 0 Å². The number of hydrogen-bond acceptors (Lipinski definition) is 5. The van der Waals surface area contributed by atoms with Crippen LogP contribution in [0.1, 0.15) is 48.6 Å². The quantitative estimate of drug-likeness (QED) is 0.732. The molecule has 0 bridgehead atoms. The highest BCUT2D eigenvalue weighted by molar-refractivity contribution is 6.02. The second-order valence-electron chi connectivity index (χ2n) is 7.59. The summed E-state index contributed by atoms with van der Waals surface area (Å²) in [6.45, 7) is 7.92. The Balaban J connectivity index is 1.49. The van der Waals surface area contributed by atoms with Gasteiger partial charge in [0.25, 0.3) is 5.91 Å². The number of hydrogen-bond donors (Lipinski definition) is 3. The summed E-state index contributed by atoms with van der Waals surface area (Å²) in [5, 5.41) is 13.5. The second-order valence-corrected chi connectivity index (χ2v) is 7.59. The zero-order chi connectivity index (χ0) is 19.8. The highest BCUT2D eigenvalue weighted by Crippen LogP contribution is 2.36. The first-order valence-corrected chi connectivity index (χ1v) is 9.55. The van der Waals surface area contributed by atoms with Crippen molar-refractivity contribution in [1.82, 2.24) is 30.3 Å². The van der Waals surface area contributed by atoms with Gasteiger partial charge in [-0.1, -0.05) is 6.07 Å². The molecule has 0 aromatic carbocycles. The molecule has 1 saturated heterocycles. The van der Waals surface area contributed by atoms with Crippen LogP contribution in [-0.4, -0.2) is 62.1 Å². The zero-order valence-corrected chi connectivity index (χ0v) is 16.3. The van der Waals surface area contributed by atoms with Crippen LogP contribution < -0.4 is 10.6 Å². The molecule has 0 spiro atoms. The molecule has 0 radical (unpaired) electrons. The third-order valence-corrected chi connectivity index (χ3v) is 5.32. The summed E-state index contributed by atoms with van der Waals surface area (Å²) in [7, 11) is 0. The minimum atomic E-state index is -0.322. The molecule has 148 valence electrons. The minimum Gasteiger partial charge on any atom is -0.322 e. The third kappa shape index (κ3) is 3.33. The normalized spacial score (nSPS) is 24.2. The molecule has 3 N–H and O–H groups in total. The van der Waals surface area contributed by atoms with E-state index in [0.29, 0.717) is 31.1 Å². The Morgan fingerprint density at radius 3 is 2.61 bits per heavy atom. The SMILES string of the molecule is CC1c2[nH]nc(NC(=O)c3ccccn3)c2CN1C(=O)N1C[C@@H](C)N[C@@H](C)C1. The summed E-state index contributed by atoms with van der Waals surface area (Å²) in [6.07, 6.45) is 1.57. The first kappa shape index (κ1) is 18.4. The van der Waals surface area contributed by atoms with E-state index in [1.54, 1.807) is 24.4 Å². The Morgan fingerprint density at radius 2 is 1.93 bits per heavy atom. The standard InChI is InChI=1S/C19H25N7O2/c1-11-8-25(9-12(2)21-11)19(28)26-10-14-16(13(26)3)23-24-17(14)22-18(27)15-6-4-5-7-20-15/h4-7,11-13,21H,8-10H2,1-3H3,(H2,22,23,24,27)/t11-,12+,13?. The monoisotopic (exact) mass is 383 g/mol. The molecule has 4 heterocycles. The number of pyridine rings is 1. The number of carbonyl (C=O) groups excluding carboxylic acids is 2. The van der Waals surface area contributed by atoms with Crippen LogP contribution >= 0.6 is 0 Å². The lowest BCUT2D eigenvalue weighted by molar-refractivity contribution is 0.102. The highest BCUT2D eigenvalue weighted by atomic mass is 16.2. The van der Waals surface area contributed by atoms with Gasteiger partial charge in [0.1, 0.15) is 5.69 Å². The number of urea groups is 1. The maximum absolute atomic E-state index is 13.1. The van der Waals surface area contributed by atoms with Crippen molar-refractivity contribution >= 4 is 17.8 Å². The molecule has 28 heavy (non-hydrogen) atoms. The maximum Gasteiger partial charge on any atom is 0.320 e. The zero-order valence-electron chi connectivity index (χ0n) is 16.3. The van der Waals surface area contributed by atoms with Gasteiger partial charge in [-0.2, -0.15) is 5.10 Å². The lowest BCUT2D eigenvalue weighted by atomic mass is 10.1. The summed E-state index contributed by atoms with van der Waals surface area (Å²) in [5.74, 6) is 0.131. The van der Waals surface area contributed by atoms with E-state index in [2.05, 4.69) is 39.7 Å². The van der Waals surface area contributed by atoms with Crippen LogP contribution in [-0.2, 0) is 6.54 Å². The Kier molecular flexibility index (Phi) is 4.76. The van der Waals surface area contributed by atoms with Crippen LogP contribution in [0, 0.1) is 0 Å². The van der Waals surface area contributed by atoms with E-state index in [9.17, 15) is 9.59 Å². The van der Waals surface area contributed by atoms with Crippen LogP contribution in [0.15, 0.2) is 24.4 Å². The topological polar surface area (TPSA) is 106 Å². The van der Waals surface area contributed by atoms with Crippen molar-refractivity contribution in [2.45, 2.75) is 45.4 Å². The van der Waals surface area contributed by atoms with Crippen molar-refractivity contribution in [2.24, 2.45) is 0 Å². The number of carbonyl (C=O) groups is 2. The van der Waals surface area contributed by atoms with Crippen molar-refractivity contribution < 1.29 is 9.59 Å². The molecule has 0 aliphatic carbocycles. The highest BCUT2D eigenvalue weighted by Gasteiger charge is 2.38. The molecule has 9 nitrogen and oxygen atoms in total.